The van der Waals surface area contributed by atoms with Crippen molar-refractivity contribution >= 4 is 0 Å². The van der Waals surface area contributed by atoms with Gasteiger partial charge in [0.1, 0.15) is 0 Å². The summed E-state index contributed by atoms with van der Waals surface area (Å²) in [4.78, 5) is 2.48. The van der Waals surface area contributed by atoms with Gasteiger partial charge in [-0.15, -0.1) is 0 Å². The van der Waals surface area contributed by atoms with Crippen molar-refractivity contribution in [1.82, 2.24) is 10.2 Å². The van der Waals surface area contributed by atoms with E-state index >= 15 is 0 Å². The Labute approximate surface area is 98.0 Å². The van der Waals surface area contributed by atoms with Crippen LogP contribution in [0.4, 0.5) is 0 Å². The summed E-state index contributed by atoms with van der Waals surface area (Å²) >= 11 is 0. The smallest absolute Gasteiger partial charge is 0.0617 e. The number of hydrogen-bond donors (Lipinski definition) is 2. The average Bonchev–Trinajstić information content (AvgIpc) is 2.57. The number of nitrogens with zero attached hydrogens (tertiary/aromatic N) is 1. The van der Waals surface area contributed by atoms with Gasteiger partial charge in [0, 0.05) is 31.8 Å². The summed E-state index contributed by atoms with van der Waals surface area (Å²) in [5.74, 6) is 0. The molecule has 2 aliphatic rings. The molecule has 0 spiro atoms. The maximum Gasteiger partial charge on any atom is 0.0617 e. The fraction of sp³-hybridized carbons (Fsp3) is 1.00. The van der Waals surface area contributed by atoms with Gasteiger partial charge >= 0.3 is 0 Å². The number of hydrogen-bond acceptors (Lipinski definition) is 4. The molecule has 16 heavy (non-hydrogen) atoms. The van der Waals surface area contributed by atoms with Gasteiger partial charge in [0.25, 0.3) is 0 Å². The van der Waals surface area contributed by atoms with Crippen molar-refractivity contribution in [1.29, 1.82) is 0 Å². The van der Waals surface area contributed by atoms with Crippen LogP contribution in [0, 0.1) is 0 Å². The highest BCUT2D eigenvalue weighted by molar-refractivity contribution is 4.95. The Bertz CT molecular complexity index is 217. The summed E-state index contributed by atoms with van der Waals surface area (Å²) in [6, 6.07) is 0. The molecule has 0 aliphatic carbocycles. The molecule has 0 saturated carbocycles. The van der Waals surface area contributed by atoms with Crippen LogP contribution in [0.25, 0.3) is 0 Å². The Morgan fingerprint density at radius 3 is 3.06 bits per heavy atom. The minimum absolute atomic E-state index is 0.0241. The molecule has 2 aliphatic heterocycles. The van der Waals surface area contributed by atoms with Gasteiger partial charge in [-0.1, -0.05) is 0 Å². The normalized spacial score (nSPS) is 38.2. The Balaban J connectivity index is 2.05. The lowest BCUT2D eigenvalue weighted by atomic mass is 9.85. The summed E-state index contributed by atoms with van der Waals surface area (Å²) in [5, 5.41) is 13.2. The van der Waals surface area contributed by atoms with Crippen molar-refractivity contribution in [2.45, 2.75) is 37.8 Å². The van der Waals surface area contributed by atoms with E-state index in [1.807, 2.05) is 0 Å². The fourth-order valence-corrected chi connectivity index (χ4v) is 3.00. The third kappa shape index (κ3) is 2.56. The largest absolute Gasteiger partial charge is 0.394 e. The van der Waals surface area contributed by atoms with Crippen LogP contribution in [0.5, 0.6) is 0 Å². The van der Waals surface area contributed by atoms with Gasteiger partial charge in [-0.2, -0.15) is 0 Å². The van der Waals surface area contributed by atoms with Crippen LogP contribution in [0.2, 0.25) is 0 Å². The zero-order valence-electron chi connectivity index (χ0n) is 10.2. The number of aliphatic hydroxyl groups excluding tert-OH is 1. The predicted octanol–water partition coefficient (Wildman–Crippen LogP) is 0.212. The molecule has 2 heterocycles. The third-order valence-electron chi connectivity index (χ3n) is 3.94. The van der Waals surface area contributed by atoms with Crippen LogP contribution in [-0.2, 0) is 4.74 Å². The molecule has 2 fully saturated rings. The van der Waals surface area contributed by atoms with Gasteiger partial charge < -0.3 is 15.2 Å². The second kappa shape index (κ2) is 5.45. The molecule has 0 aromatic heterocycles. The molecule has 0 bridgehead atoms. The average molecular weight is 228 g/mol. The number of aliphatic hydroxyl groups is 1. The summed E-state index contributed by atoms with van der Waals surface area (Å²) in [7, 11) is 0. The number of nitrogens with one attached hydrogen (secondary N) is 1. The van der Waals surface area contributed by atoms with Crippen LogP contribution >= 0.6 is 0 Å². The van der Waals surface area contributed by atoms with Crippen LogP contribution in [-0.4, -0.2) is 61.0 Å². The maximum absolute atomic E-state index is 9.79. The van der Waals surface area contributed by atoms with Crippen molar-refractivity contribution in [3.05, 3.63) is 0 Å². The monoisotopic (exact) mass is 228 g/mol. The second-order valence-electron chi connectivity index (χ2n) is 5.11. The fourth-order valence-electron chi connectivity index (χ4n) is 3.00. The summed E-state index contributed by atoms with van der Waals surface area (Å²) in [6.07, 6.45) is 3.38. The number of ether oxygens (including phenoxy) is 1. The predicted molar refractivity (Wildman–Crippen MR) is 63.5 cm³/mol. The van der Waals surface area contributed by atoms with Gasteiger partial charge in [0.15, 0.2) is 0 Å². The SMILES string of the molecule is CC1CC(CO)(N2CCCNCC2)CCO1. The van der Waals surface area contributed by atoms with Crippen molar-refractivity contribution in [3.63, 3.8) is 0 Å². The summed E-state index contributed by atoms with van der Waals surface area (Å²) < 4.78 is 5.60. The molecule has 94 valence electrons. The quantitative estimate of drug-likeness (QED) is 0.709. The molecular weight excluding hydrogens is 204 g/mol. The first-order valence-electron chi connectivity index (χ1n) is 6.45. The lowest BCUT2D eigenvalue weighted by Gasteiger charge is -2.46. The van der Waals surface area contributed by atoms with Crippen molar-refractivity contribution in [2.75, 3.05) is 39.4 Å². The van der Waals surface area contributed by atoms with Crippen LogP contribution in [0.15, 0.2) is 0 Å². The molecule has 4 nitrogen and oxygen atoms in total. The highest BCUT2D eigenvalue weighted by Crippen LogP contribution is 2.31. The first kappa shape index (κ1) is 12.3. The Hall–Kier alpha value is -0.160. The molecule has 2 atom stereocenters. The molecule has 0 aromatic carbocycles. The van der Waals surface area contributed by atoms with Crippen LogP contribution < -0.4 is 5.32 Å². The van der Waals surface area contributed by atoms with Crippen molar-refractivity contribution in [3.8, 4) is 0 Å². The Morgan fingerprint density at radius 1 is 1.44 bits per heavy atom. The summed E-state index contributed by atoms with van der Waals surface area (Å²) in [5.41, 5.74) is -0.0241. The van der Waals surface area contributed by atoms with Gasteiger partial charge in [-0.05, 0) is 32.7 Å². The van der Waals surface area contributed by atoms with Gasteiger partial charge in [-0.25, -0.2) is 0 Å². The molecule has 2 saturated heterocycles. The van der Waals surface area contributed by atoms with E-state index in [1.54, 1.807) is 0 Å². The lowest BCUT2D eigenvalue weighted by molar-refractivity contribution is -0.0863. The lowest BCUT2D eigenvalue weighted by Crippen LogP contribution is -2.57. The van der Waals surface area contributed by atoms with Crippen molar-refractivity contribution < 1.29 is 9.84 Å². The standard InChI is InChI=1S/C12H24N2O2/c1-11-9-12(10-15,3-8-16-11)14-6-2-4-13-5-7-14/h11,13,15H,2-10H2,1H3. The van der Waals surface area contributed by atoms with E-state index in [9.17, 15) is 5.11 Å². The highest BCUT2D eigenvalue weighted by atomic mass is 16.5. The molecule has 0 aromatic rings. The van der Waals surface area contributed by atoms with E-state index in [4.69, 9.17) is 4.74 Å². The van der Waals surface area contributed by atoms with E-state index in [0.717, 1.165) is 45.6 Å². The molecular formula is C12H24N2O2. The molecule has 0 amide bonds. The molecule has 2 rings (SSSR count). The van der Waals surface area contributed by atoms with E-state index in [-0.39, 0.29) is 18.2 Å². The minimum atomic E-state index is -0.0241. The minimum Gasteiger partial charge on any atom is -0.394 e. The van der Waals surface area contributed by atoms with E-state index in [2.05, 4.69) is 17.1 Å². The Kier molecular flexibility index (Phi) is 4.19. The topological polar surface area (TPSA) is 44.7 Å². The zero-order valence-corrected chi connectivity index (χ0v) is 10.2. The van der Waals surface area contributed by atoms with Gasteiger partial charge in [0.05, 0.1) is 12.7 Å². The Morgan fingerprint density at radius 2 is 2.31 bits per heavy atom. The van der Waals surface area contributed by atoms with Crippen LogP contribution in [0.1, 0.15) is 26.2 Å². The van der Waals surface area contributed by atoms with E-state index in [1.165, 1.54) is 6.42 Å². The summed E-state index contributed by atoms with van der Waals surface area (Å²) in [6.45, 7) is 7.45. The molecule has 2 N–H and O–H groups in total. The maximum atomic E-state index is 9.79. The van der Waals surface area contributed by atoms with Crippen LogP contribution in [0.3, 0.4) is 0 Å². The zero-order chi connectivity index (χ0) is 11.4. The number of rotatable bonds is 2. The molecule has 2 unspecified atom stereocenters. The third-order valence-corrected chi connectivity index (χ3v) is 3.94. The van der Waals surface area contributed by atoms with Gasteiger partial charge in [0.2, 0.25) is 0 Å². The molecule has 0 radical (unpaired) electrons. The van der Waals surface area contributed by atoms with Gasteiger partial charge in [-0.3, -0.25) is 4.90 Å². The van der Waals surface area contributed by atoms with E-state index in [0.29, 0.717) is 0 Å². The first-order valence-corrected chi connectivity index (χ1v) is 6.45. The highest BCUT2D eigenvalue weighted by Gasteiger charge is 2.40. The second-order valence-corrected chi connectivity index (χ2v) is 5.11. The molecule has 4 heteroatoms. The first-order chi connectivity index (χ1) is 7.77. The van der Waals surface area contributed by atoms with E-state index < -0.39 is 0 Å². The van der Waals surface area contributed by atoms with Crippen molar-refractivity contribution in [2.24, 2.45) is 0 Å².